The van der Waals surface area contributed by atoms with Gasteiger partial charge in [0.1, 0.15) is 5.58 Å². The van der Waals surface area contributed by atoms with E-state index in [1.807, 2.05) is 12.1 Å². The second kappa shape index (κ2) is 14.5. The van der Waals surface area contributed by atoms with Crippen LogP contribution in [0.2, 0.25) is 0 Å². The number of nitrogens with one attached hydrogen (secondary N) is 1. The fourth-order valence-corrected chi connectivity index (χ4v) is 9.95. The summed E-state index contributed by atoms with van der Waals surface area (Å²) in [5.41, 5.74) is 16.6. The quantitative estimate of drug-likeness (QED) is 0.174. The Morgan fingerprint density at radius 2 is 0.875 bits per heavy atom. The van der Waals surface area contributed by atoms with Gasteiger partial charge in [-0.25, -0.2) is 0 Å². The maximum Gasteiger partial charge on any atom is 0.213 e. The average molecular weight is 818 g/mol. The Kier molecular flexibility index (Phi) is 8.18. The summed E-state index contributed by atoms with van der Waals surface area (Å²) in [4.78, 5) is 5.94. The largest absolute Gasteiger partial charge is 0.439 e. The van der Waals surface area contributed by atoms with Crippen molar-refractivity contribution in [2.24, 2.45) is 0 Å². The molecule has 0 spiro atoms. The molecule has 3 aromatic heterocycles. The van der Waals surface area contributed by atoms with E-state index in [4.69, 9.17) is 4.42 Å². The van der Waals surface area contributed by atoms with Crippen LogP contribution in [-0.4, -0.2) is 9.55 Å². The fourth-order valence-electron chi connectivity index (χ4n) is 9.95. The molecular formula is C60H39N3O. The van der Waals surface area contributed by atoms with Crippen molar-refractivity contribution in [3.05, 3.63) is 231 Å². The third-order valence-corrected chi connectivity index (χ3v) is 13.0. The van der Waals surface area contributed by atoms with Gasteiger partial charge >= 0.3 is 0 Å². The number of benzene rings is 10. The smallest absolute Gasteiger partial charge is 0.213 e. The molecule has 64 heavy (non-hydrogen) atoms. The molecule has 13 rings (SSSR count). The molecule has 0 atom stereocenters. The predicted octanol–water partition coefficient (Wildman–Crippen LogP) is 16.8. The Hall–Kier alpha value is -8.60. The number of fused-ring (bicyclic) bond motifs is 9. The lowest BCUT2D eigenvalue weighted by atomic mass is 9.96. The number of aromatic nitrogens is 2. The average Bonchev–Trinajstić information content (AvgIpc) is 4.04. The van der Waals surface area contributed by atoms with Gasteiger partial charge < -0.3 is 14.3 Å². The summed E-state index contributed by atoms with van der Waals surface area (Å²) in [7, 11) is 0. The Labute approximate surface area is 369 Å². The van der Waals surface area contributed by atoms with Crippen LogP contribution in [0.3, 0.4) is 0 Å². The highest BCUT2D eigenvalue weighted by atomic mass is 16.3. The summed E-state index contributed by atoms with van der Waals surface area (Å²) >= 11 is 0. The Balaban J connectivity index is 0.881. The van der Waals surface area contributed by atoms with Gasteiger partial charge in [0.25, 0.3) is 0 Å². The van der Waals surface area contributed by atoms with Crippen molar-refractivity contribution in [1.82, 2.24) is 9.55 Å². The number of rotatable bonds is 7. The van der Waals surface area contributed by atoms with Gasteiger partial charge in [-0.05, 0) is 117 Å². The third kappa shape index (κ3) is 5.77. The van der Waals surface area contributed by atoms with E-state index in [0.29, 0.717) is 0 Å². The van der Waals surface area contributed by atoms with Crippen LogP contribution in [0.4, 0.5) is 17.1 Å². The van der Waals surface area contributed by atoms with E-state index >= 15 is 0 Å². The van der Waals surface area contributed by atoms with Crippen molar-refractivity contribution in [2.75, 3.05) is 4.90 Å². The molecule has 0 unspecified atom stereocenters. The van der Waals surface area contributed by atoms with Gasteiger partial charge in [-0.15, -0.1) is 0 Å². The third-order valence-electron chi connectivity index (χ3n) is 13.0. The molecule has 300 valence electrons. The van der Waals surface area contributed by atoms with Gasteiger partial charge in [0.15, 0.2) is 0 Å². The van der Waals surface area contributed by atoms with Crippen LogP contribution >= 0.6 is 0 Å². The predicted molar refractivity (Wildman–Crippen MR) is 268 cm³/mol. The summed E-state index contributed by atoms with van der Waals surface area (Å²) in [6.45, 7) is 0. The molecule has 0 aliphatic heterocycles. The molecule has 0 aliphatic rings. The van der Waals surface area contributed by atoms with Gasteiger partial charge in [-0.1, -0.05) is 158 Å². The van der Waals surface area contributed by atoms with Gasteiger partial charge in [-0.3, -0.25) is 4.57 Å². The summed E-state index contributed by atoms with van der Waals surface area (Å²) in [6.07, 6.45) is 0. The SMILES string of the molecule is c1ccc2c(-c3ccc(N(c4ccc(-c5ccc(-c6cccc7[nH]c8ccccc8c67)cc5)cc4)c4ccc(-n5c6ccccc6c6c7ccccc7oc65)cc4)cc3)cccc2c1. The first kappa shape index (κ1) is 36.1. The number of hydrogen-bond acceptors (Lipinski definition) is 2. The summed E-state index contributed by atoms with van der Waals surface area (Å²) in [6, 6.07) is 82.8. The first-order chi connectivity index (χ1) is 31.7. The van der Waals surface area contributed by atoms with Crippen molar-refractivity contribution < 1.29 is 4.42 Å². The van der Waals surface area contributed by atoms with Gasteiger partial charge in [0.05, 0.1) is 10.9 Å². The first-order valence-electron chi connectivity index (χ1n) is 21.8. The Bertz CT molecular complexity index is 3870. The zero-order valence-electron chi connectivity index (χ0n) is 34.7. The number of hydrogen-bond donors (Lipinski definition) is 1. The van der Waals surface area contributed by atoms with E-state index in [0.717, 1.165) is 66.9 Å². The van der Waals surface area contributed by atoms with Crippen molar-refractivity contribution in [2.45, 2.75) is 0 Å². The number of furan rings is 1. The van der Waals surface area contributed by atoms with E-state index in [9.17, 15) is 0 Å². The van der Waals surface area contributed by atoms with E-state index in [2.05, 4.69) is 233 Å². The molecule has 0 aliphatic carbocycles. The van der Waals surface area contributed by atoms with Crippen molar-refractivity contribution in [1.29, 1.82) is 0 Å². The molecule has 0 radical (unpaired) electrons. The van der Waals surface area contributed by atoms with E-state index < -0.39 is 0 Å². The number of H-pyrrole nitrogens is 1. The highest BCUT2D eigenvalue weighted by molar-refractivity contribution is 6.20. The molecule has 4 heteroatoms. The topological polar surface area (TPSA) is 37.1 Å². The number of para-hydroxylation sites is 3. The fraction of sp³-hybridized carbons (Fsp3) is 0. The maximum absolute atomic E-state index is 6.57. The lowest BCUT2D eigenvalue weighted by Gasteiger charge is -2.26. The molecule has 13 aromatic rings. The van der Waals surface area contributed by atoms with E-state index in [-0.39, 0.29) is 0 Å². The highest BCUT2D eigenvalue weighted by Gasteiger charge is 2.20. The van der Waals surface area contributed by atoms with Crippen molar-refractivity contribution >= 4 is 82.6 Å². The van der Waals surface area contributed by atoms with Crippen LogP contribution in [0.25, 0.3) is 105 Å². The van der Waals surface area contributed by atoms with Crippen LogP contribution in [-0.2, 0) is 0 Å². The maximum atomic E-state index is 6.57. The monoisotopic (exact) mass is 817 g/mol. The number of aromatic amines is 1. The molecule has 0 saturated carbocycles. The standard InChI is InChI=1S/C60H39N3O/c1-2-13-48-41(11-1)12-9-17-49(48)42-29-33-45(34-30-42)62(46-35-37-47(38-36-46)63-56-21-7-4-15-52(56)59-53-16-5-8-22-57(53)64-60(59)63)44-31-27-40(28-32-44)39-23-25-43(26-24-39)50-18-10-20-55-58(50)51-14-3-6-19-54(51)61-55/h1-38,61H. The van der Waals surface area contributed by atoms with Crippen LogP contribution in [0, 0.1) is 0 Å². The van der Waals surface area contributed by atoms with Crippen LogP contribution in [0.15, 0.2) is 235 Å². The second-order valence-electron chi connectivity index (χ2n) is 16.6. The molecule has 10 aromatic carbocycles. The van der Waals surface area contributed by atoms with Crippen molar-refractivity contribution in [3.63, 3.8) is 0 Å². The lowest BCUT2D eigenvalue weighted by Crippen LogP contribution is -2.10. The molecule has 0 bridgehead atoms. The van der Waals surface area contributed by atoms with Gasteiger partial charge in [0, 0.05) is 55.3 Å². The molecule has 0 amide bonds. The molecule has 0 fully saturated rings. The molecule has 1 N–H and O–H groups in total. The normalized spacial score (nSPS) is 11.8. The van der Waals surface area contributed by atoms with Crippen LogP contribution in [0.5, 0.6) is 0 Å². The minimum Gasteiger partial charge on any atom is -0.439 e. The van der Waals surface area contributed by atoms with Gasteiger partial charge in [-0.2, -0.15) is 0 Å². The van der Waals surface area contributed by atoms with Crippen LogP contribution < -0.4 is 4.90 Å². The molecule has 0 saturated heterocycles. The van der Waals surface area contributed by atoms with E-state index in [1.54, 1.807) is 0 Å². The zero-order valence-corrected chi connectivity index (χ0v) is 34.7. The summed E-state index contributed by atoms with van der Waals surface area (Å²) in [5.74, 6) is 0. The number of anilines is 3. The Morgan fingerprint density at radius 3 is 1.64 bits per heavy atom. The molecule has 4 nitrogen and oxygen atoms in total. The first-order valence-corrected chi connectivity index (χ1v) is 21.8. The Morgan fingerprint density at radius 1 is 0.359 bits per heavy atom. The summed E-state index contributed by atoms with van der Waals surface area (Å²) in [5, 5.41) is 8.45. The van der Waals surface area contributed by atoms with Crippen molar-refractivity contribution in [3.8, 4) is 39.1 Å². The molecular weight excluding hydrogens is 779 g/mol. The van der Waals surface area contributed by atoms with Gasteiger partial charge in [0.2, 0.25) is 5.71 Å². The molecule has 3 heterocycles. The van der Waals surface area contributed by atoms with E-state index in [1.165, 1.54) is 54.7 Å². The minimum absolute atomic E-state index is 0.856. The zero-order chi connectivity index (χ0) is 42.1. The van der Waals surface area contributed by atoms with Crippen LogP contribution in [0.1, 0.15) is 0 Å². The highest BCUT2D eigenvalue weighted by Crippen LogP contribution is 2.42. The summed E-state index contributed by atoms with van der Waals surface area (Å²) < 4.78 is 8.82. The number of nitrogens with zero attached hydrogens (tertiary/aromatic N) is 2. The minimum atomic E-state index is 0.856. The lowest BCUT2D eigenvalue weighted by molar-refractivity contribution is 0.645. The second-order valence-corrected chi connectivity index (χ2v) is 16.6.